The van der Waals surface area contributed by atoms with Crippen molar-refractivity contribution in [1.29, 1.82) is 0 Å². The molecule has 0 saturated carbocycles. The maximum atomic E-state index is 14.6. The zero-order chi connectivity index (χ0) is 20.0. The molecule has 3 aromatic carbocycles. The summed E-state index contributed by atoms with van der Waals surface area (Å²) in [6, 6.07) is 19.1. The van der Waals surface area contributed by atoms with E-state index in [4.69, 9.17) is 0 Å². The summed E-state index contributed by atoms with van der Waals surface area (Å²) in [7, 11) is 0. The van der Waals surface area contributed by atoms with Crippen molar-refractivity contribution in [1.82, 2.24) is 14.8 Å². The number of hydrogen-bond donors (Lipinski definition) is 1. The minimum absolute atomic E-state index is 0.0660. The van der Waals surface area contributed by atoms with Crippen LogP contribution in [-0.4, -0.2) is 14.8 Å². The van der Waals surface area contributed by atoms with E-state index in [1.54, 1.807) is 18.2 Å². The van der Waals surface area contributed by atoms with Crippen LogP contribution in [-0.2, 0) is 0 Å². The molecule has 4 aromatic rings. The lowest BCUT2D eigenvalue weighted by Gasteiger charge is -2.30. The van der Waals surface area contributed by atoms with Crippen molar-refractivity contribution in [2.75, 3.05) is 5.32 Å². The van der Waals surface area contributed by atoms with Gasteiger partial charge in [0.2, 0.25) is 0 Å². The maximum Gasteiger partial charge on any atom is 0.300 e. The van der Waals surface area contributed by atoms with Crippen LogP contribution in [0.1, 0.15) is 11.7 Å². The van der Waals surface area contributed by atoms with Crippen LogP contribution >= 0.6 is 0 Å². The number of para-hydroxylation sites is 1. The van der Waals surface area contributed by atoms with Crippen LogP contribution < -0.4 is 10.9 Å². The molecule has 1 N–H and O–H groups in total. The van der Waals surface area contributed by atoms with Crippen molar-refractivity contribution in [3.05, 3.63) is 100 Å². The standard InChI is InChI=1S/C22H14F2N4O/c23-14-11-9-13(10-12-14)19-22(29)26-21-16-6-2-4-8-18(16)25-20(28(21)27-19)15-5-1-3-7-17(15)24/h1-12,20,25H/t20-/m0/s1. The molecule has 0 saturated heterocycles. The Labute approximate surface area is 164 Å². The minimum atomic E-state index is -0.701. The van der Waals surface area contributed by atoms with Crippen molar-refractivity contribution < 1.29 is 8.78 Å². The molecule has 0 aliphatic carbocycles. The van der Waals surface area contributed by atoms with Crippen LogP contribution in [0, 0.1) is 11.6 Å². The molecule has 0 unspecified atom stereocenters. The fraction of sp³-hybridized carbons (Fsp3) is 0.0455. The van der Waals surface area contributed by atoms with E-state index in [1.165, 1.54) is 35.0 Å². The number of fused-ring (bicyclic) bond motifs is 3. The summed E-state index contributed by atoms with van der Waals surface area (Å²) in [6.07, 6.45) is -0.701. The summed E-state index contributed by atoms with van der Waals surface area (Å²) >= 11 is 0. The first-order valence-corrected chi connectivity index (χ1v) is 8.99. The Hall–Kier alpha value is -3.87. The molecule has 142 valence electrons. The molecule has 5 nitrogen and oxygen atoms in total. The van der Waals surface area contributed by atoms with Crippen molar-refractivity contribution in [3.8, 4) is 22.6 Å². The van der Waals surface area contributed by atoms with Gasteiger partial charge < -0.3 is 5.32 Å². The van der Waals surface area contributed by atoms with Gasteiger partial charge in [0.25, 0.3) is 5.56 Å². The van der Waals surface area contributed by atoms with Gasteiger partial charge in [0, 0.05) is 22.4 Å². The number of nitrogens with zero attached hydrogens (tertiary/aromatic N) is 3. The molecule has 0 amide bonds. The SMILES string of the molecule is O=c1nc2n(nc1-c1ccc(F)cc1)[C@@H](c1ccccc1F)Nc1ccccc1-2. The van der Waals surface area contributed by atoms with Crippen molar-refractivity contribution in [3.63, 3.8) is 0 Å². The molecule has 7 heteroatoms. The molecule has 1 aliphatic heterocycles. The molecule has 1 aliphatic rings. The molecule has 2 heterocycles. The number of halogens is 2. The second-order valence-electron chi connectivity index (χ2n) is 6.65. The van der Waals surface area contributed by atoms with Gasteiger partial charge in [-0.05, 0) is 42.5 Å². The van der Waals surface area contributed by atoms with Crippen molar-refractivity contribution in [2.24, 2.45) is 0 Å². The highest BCUT2D eigenvalue weighted by molar-refractivity contribution is 5.76. The predicted molar refractivity (Wildman–Crippen MR) is 105 cm³/mol. The van der Waals surface area contributed by atoms with E-state index in [0.29, 0.717) is 22.5 Å². The van der Waals surface area contributed by atoms with E-state index in [-0.39, 0.29) is 5.69 Å². The van der Waals surface area contributed by atoms with E-state index in [0.717, 1.165) is 5.69 Å². The summed E-state index contributed by atoms with van der Waals surface area (Å²) in [5, 5.41) is 7.78. The second kappa shape index (κ2) is 6.63. The predicted octanol–water partition coefficient (Wildman–Crippen LogP) is 4.22. The number of hydrogen-bond acceptors (Lipinski definition) is 4. The number of rotatable bonds is 2. The lowest BCUT2D eigenvalue weighted by molar-refractivity contribution is 0.514. The Morgan fingerprint density at radius 3 is 2.41 bits per heavy atom. The third-order valence-electron chi connectivity index (χ3n) is 4.86. The largest absolute Gasteiger partial charge is 0.359 e. The molecule has 5 rings (SSSR count). The van der Waals surface area contributed by atoms with Gasteiger partial charge in [0.05, 0.1) is 0 Å². The van der Waals surface area contributed by atoms with E-state index < -0.39 is 23.4 Å². The van der Waals surface area contributed by atoms with Gasteiger partial charge in [-0.2, -0.15) is 10.1 Å². The molecule has 1 atom stereocenters. The maximum absolute atomic E-state index is 14.6. The van der Waals surface area contributed by atoms with Gasteiger partial charge >= 0.3 is 0 Å². The van der Waals surface area contributed by atoms with Crippen molar-refractivity contribution >= 4 is 5.69 Å². The van der Waals surface area contributed by atoms with Crippen LogP contribution in [0.5, 0.6) is 0 Å². The normalized spacial score (nSPS) is 14.6. The highest BCUT2D eigenvalue weighted by Gasteiger charge is 2.29. The second-order valence-corrected chi connectivity index (χ2v) is 6.65. The van der Waals surface area contributed by atoms with Crippen LogP contribution in [0.15, 0.2) is 77.6 Å². The number of nitrogens with one attached hydrogen (secondary N) is 1. The number of aromatic nitrogens is 3. The molecule has 29 heavy (non-hydrogen) atoms. The lowest BCUT2D eigenvalue weighted by Crippen LogP contribution is -2.32. The minimum Gasteiger partial charge on any atom is -0.359 e. The molecule has 0 fully saturated rings. The highest BCUT2D eigenvalue weighted by Crippen LogP contribution is 2.36. The van der Waals surface area contributed by atoms with Crippen LogP contribution in [0.3, 0.4) is 0 Å². The smallest absolute Gasteiger partial charge is 0.300 e. The Balaban J connectivity index is 1.77. The fourth-order valence-electron chi connectivity index (χ4n) is 3.47. The fourth-order valence-corrected chi connectivity index (χ4v) is 3.47. The summed E-state index contributed by atoms with van der Waals surface area (Å²) in [6.45, 7) is 0. The van der Waals surface area contributed by atoms with E-state index in [1.807, 2.05) is 24.3 Å². The first-order valence-electron chi connectivity index (χ1n) is 8.99. The Morgan fingerprint density at radius 2 is 1.62 bits per heavy atom. The van der Waals surface area contributed by atoms with E-state index in [2.05, 4.69) is 15.4 Å². The van der Waals surface area contributed by atoms with Gasteiger partial charge in [-0.3, -0.25) is 4.79 Å². The summed E-state index contributed by atoms with van der Waals surface area (Å²) < 4.78 is 29.4. The average Bonchev–Trinajstić information content (AvgIpc) is 2.74. The first kappa shape index (κ1) is 17.2. The summed E-state index contributed by atoms with van der Waals surface area (Å²) in [5.74, 6) is -0.484. The third-order valence-corrected chi connectivity index (χ3v) is 4.86. The summed E-state index contributed by atoms with van der Waals surface area (Å²) in [5.41, 5.74) is 1.75. The average molecular weight is 388 g/mol. The van der Waals surface area contributed by atoms with E-state index in [9.17, 15) is 13.6 Å². The first-order chi connectivity index (χ1) is 14.1. The zero-order valence-corrected chi connectivity index (χ0v) is 15.0. The molecule has 1 aromatic heterocycles. The van der Waals surface area contributed by atoms with Gasteiger partial charge in [-0.15, -0.1) is 0 Å². The Kier molecular flexibility index (Phi) is 3.94. The molecule has 0 spiro atoms. The van der Waals surface area contributed by atoms with Crippen molar-refractivity contribution in [2.45, 2.75) is 6.17 Å². The van der Waals surface area contributed by atoms with Gasteiger partial charge in [-0.25, -0.2) is 13.5 Å². The van der Waals surface area contributed by atoms with Gasteiger partial charge in [-0.1, -0.05) is 30.3 Å². The van der Waals surface area contributed by atoms with Gasteiger partial charge in [0.1, 0.15) is 11.6 Å². The van der Waals surface area contributed by atoms with E-state index >= 15 is 0 Å². The third kappa shape index (κ3) is 2.87. The summed E-state index contributed by atoms with van der Waals surface area (Å²) in [4.78, 5) is 17.0. The van der Waals surface area contributed by atoms with Gasteiger partial charge in [0.15, 0.2) is 17.7 Å². The molecule has 0 radical (unpaired) electrons. The Bertz CT molecular complexity index is 1280. The number of benzene rings is 3. The molecular weight excluding hydrogens is 374 g/mol. The highest BCUT2D eigenvalue weighted by atomic mass is 19.1. The van der Waals surface area contributed by atoms with Crippen LogP contribution in [0.25, 0.3) is 22.6 Å². The quantitative estimate of drug-likeness (QED) is 0.559. The number of anilines is 1. The monoisotopic (exact) mass is 388 g/mol. The van der Waals surface area contributed by atoms with Crippen LogP contribution in [0.4, 0.5) is 14.5 Å². The molecule has 0 bridgehead atoms. The molecular formula is C22H14F2N4O. The Morgan fingerprint density at radius 1 is 0.897 bits per heavy atom. The topological polar surface area (TPSA) is 59.8 Å². The lowest BCUT2D eigenvalue weighted by atomic mass is 10.1. The van der Waals surface area contributed by atoms with Crippen LogP contribution in [0.2, 0.25) is 0 Å². The zero-order valence-electron chi connectivity index (χ0n) is 15.0.